The second-order valence-corrected chi connectivity index (χ2v) is 3.77. The van der Waals surface area contributed by atoms with Crippen molar-refractivity contribution in [1.29, 1.82) is 5.26 Å². The van der Waals surface area contributed by atoms with Crippen molar-refractivity contribution in [2.24, 2.45) is 0 Å². The lowest BCUT2D eigenvalue weighted by Gasteiger charge is -2.14. The Morgan fingerprint density at radius 3 is 2.88 bits per heavy atom. The molecule has 0 bridgehead atoms. The van der Waals surface area contributed by atoms with Gasteiger partial charge in [-0.3, -0.25) is 0 Å². The molecule has 2 rings (SSSR count). The summed E-state index contributed by atoms with van der Waals surface area (Å²) < 4.78 is 11.3. The number of nitriles is 1. The maximum absolute atomic E-state index is 8.78. The highest BCUT2D eigenvalue weighted by Crippen LogP contribution is 2.36. The molecule has 0 unspecified atom stereocenters. The molecule has 0 N–H and O–H groups in total. The van der Waals surface area contributed by atoms with Gasteiger partial charge in [-0.2, -0.15) is 5.26 Å². The van der Waals surface area contributed by atoms with Crippen LogP contribution in [0.5, 0.6) is 11.5 Å². The van der Waals surface area contributed by atoms with E-state index in [1.165, 1.54) is 0 Å². The zero-order chi connectivity index (χ0) is 11.4. The smallest absolute Gasteiger partial charge is 0.164 e. The number of hydrogen-bond acceptors (Lipinski definition) is 3. The largest absolute Gasteiger partial charge is 0.490 e. The van der Waals surface area contributed by atoms with Crippen molar-refractivity contribution in [3.05, 3.63) is 23.3 Å². The summed E-state index contributed by atoms with van der Waals surface area (Å²) >= 11 is 0. The summed E-state index contributed by atoms with van der Waals surface area (Å²) in [5.74, 6) is 1.66. The van der Waals surface area contributed by atoms with Crippen LogP contribution in [0.3, 0.4) is 0 Å². The molecule has 0 spiro atoms. The van der Waals surface area contributed by atoms with Gasteiger partial charge in [-0.1, -0.05) is 13.0 Å². The maximum Gasteiger partial charge on any atom is 0.164 e. The van der Waals surface area contributed by atoms with Gasteiger partial charge in [-0.15, -0.1) is 0 Å². The Hall–Kier alpha value is -1.69. The van der Waals surface area contributed by atoms with E-state index in [0.29, 0.717) is 19.6 Å². The van der Waals surface area contributed by atoms with Gasteiger partial charge < -0.3 is 9.47 Å². The third-order valence-corrected chi connectivity index (χ3v) is 2.74. The molecule has 3 nitrogen and oxygen atoms in total. The second-order valence-electron chi connectivity index (χ2n) is 3.77. The fraction of sp³-hybridized carbons (Fsp3) is 0.462. The van der Waals surface area contributed by atoms with Gasteiger partial charge in [0, 0.05) is 12.0 Å². The molecule has 84 valence electrons. The van der Waals surface area contributed by atoms with Crippen molar-refractivity contribution >= 4 is 0 Å². The van der Waals surface area contributed by atoms with Gasteiger partial charge in [0.25, 0.3) is 0 Å². The Morgan fingerprint density at radius 2 is 2.12 bits per heavy atom. The Morgan fingerprint density at radius 1 is 1.31 bits per heavy atom. The predicted molar refractivity (Wildman–Crippen MR) is 60.7 cm³/mol. The van der Waals surface area contributed by atoms with E-state index in [1.807, 2.05) is 12.1 Å². The molecule has 16 heavy (non-hydrogen) atoms. The first-order valence-electron chi connectivity index (χ1n) is 5.64. The Kier molecular flexibility index (Phi) is 3.31. The molecule has 1 aromatic carbocycles. The molecule has 1 heterocycles. The number of rotatable bonds is 2. The van der Waals surface area contributed by atoms with Crippen LogP contribution >= 0.6 is 0 Å². The maximum atomic E-state index is 8.78. The van der Waals surface area contributed by atoms with E-state index in [0.717, 1.165) is 35.5 Å². The zero-order valence-electron chi connectivity index (χ0n) is 9.45. The molecule has 1 aliphatic heterocycles. The van der Waals surface area contributed by atoms with Gasteiger partial charge in [0.1, 0.15) is 0 Å². The minimum Gasteiger partial charge on any atom is -0.490 e. The van der Waals surface area contributed by atoms with Crippen LogP contribution < -0.4 is 9.47 Å². The molecule has 0 aliphatic carbocycles. The van der Waals surface area contributed by atoms with Crippen molar-refractivity contribution in [2.75, 3.05) is 13.2 Å². The molecular formula is C13H15NO2. The monoisotopic (exact) mass is 217 g/mol. The molecule has 3 heteroatoms. The van der Waals surface area contributed by atoms with Crippen molar-refractivity contribution in [2.45, 2.75) is 26.2 Å². The van der Waals surface area contributed by atoms with Crippen molar-refractivity contribution < 1.29 is 9.47 Å². The highest BCUT2D eigenvalue weighted by Gasteiger charge is 2.16. The van der Waals surface area contributed by atoms with Crippen LogP contribution in [-0.4, -0.2) is 13.2 Å². The topological polar surface area (TPSA) is 42.2 Å². The normalized spacial score (nSPS) is 14.0. The summed E-state index contributed by atoms with van der Waals surface area (Å²) in [5.41, 5.74) is 2.16. The highest BCUT2D eigenvalue weighted by molar-refractivity contribution is 5.51. The molecule has 0 radical (unpaired) electrons. The van der Waals surface area contributed by atoms with Crippen molar-refractivity contribution in [3.8, 4) is 17.6 Å². The Balaban J connectivity index is 2.46. The minimum absolute atomic E-state index is 0.430. The lowest BCUT2D eigenvalue weighted by Crippen LogP contribution is -2.00. The van der Waals surface area contributed by atoms with E-state index >= 15 is 0 Å². The van der Waals surface area contributed by atoms with E-state index in [-0.39, 0.29) is 0 Å². The van der Waals surface area contributed by atoms with Gasteiger partial charge in [0.05, 0.1) is 25.7 Å². The first kappa shape index (κ1) is 10.8. The van der Waals surface area contributed by atoms with Gasteiger partial charge >= 0.3 is 0 Å². The number of benzene rings is 1. The molecule has 0 saturated heterocycles. The average molecular weight is 217 g/mol. The summed E-state index contributed by atoms with van der Waals surface area (Å²) in [5, 5.41) is 8.78. The summed E-state index contributed by atoms with van der Waals surface area (Å²) in [6.45, 7) is 3.47. The van der Waals surface area contributed by atoms with E-state index in [1.54, 1.807) is 0 Å². The Labute approximate surface area is 95.6 Å². The first-order valence-corrected chi connectivity index (χ1v) is 5.64. The summed E-state index contributed by atoms with van der Waals surface area (Å²) in [6.07, 6.45) is 2.20. The van der Waals surface area contributed by atoms with Crippen LogP contribution in [0.25, 0.3) is 0 Å². The third kappa shape index (κ3) is 1.96. The molecule has 0 fully saturated rings. The van der Waals surface area contributed by atoms with E-state index in [2.05, 4.69) is 13.0 Å². The lowest BCUT2D eigenvalue weighted by atomic mass is 10.0. The van der Waals surface area contributed by atoms with Crippen molar-refractivity contribution in [3.63, 3.8) is 0 Å². The molecule has 1 aromatic rings. The predicted octanol–water partition coefficient (Wildman–Crippen LogP) is 2.48. The SMILES string of the molecule is CCc1c(CC#N)ccc2c1OCCCO2. The number of fused-ring (bicyclic) bond motifs is 1. The fourth-order valence-electron chi connectivity index (χ4n) is 1.97. The van der Waals surface area contributed by atoms with Crippen LogP contribution in [-0.2, 0) is 12.8 Å². The minimum atomic E-state index is 0.430. The molecule has 0 atom stereocenters. The van der Waals surface area contributed by atoms with Crippen LogP contribution in [0, 0.1) is 11.3 Å². The second kappa shape index (κ2) is 4.89. The third-order valence-electron chi connectivity index (χ3n) is 2.74. The van der Waals surface area contributed by atoms with Gasteiger partial charge in [0.15, 0.2) is 11.5 Å². The molecule has 0 aromatic heterocycles. The molecular weight excluding hydrogens is 202 g/mol. The van der Waals surface area contributed by atoms with E-state index < -0.39 is 0 Å². The Bertz CT molecular complexity index is 421. The molecule has 0 saturated carbocycles. The fourth-order valence-corrected chi connectivity index (χ4v) is 1.97. The van der Waals surface area contributed by atoms with Gasteiger partial charge in [-0.25, -0.2) is 0 Å². The number of hydrogen-bond donors (Lipinski definition) is 0. The van der Waals surface area contributed by atoms with Crippen LogP contribution in [0.4, 0.5) is 0 Å². The van der Waals surface area contributed by atoms with E-state index in [9.17, 15) is 0 Å². The van der Waals surface area contributed by atoms with E-state index in [4.69, 9.17) is 14.7 Å². The molecule has 0 amide bonds. The summed E-state index contributed by atoms with van der Waals surface area (Å²) in [7, 11) is 0. The van der Waals surface area contributed by atoms with Crippen LogP contribution in [0.1, 0.15) is 24.5 Å². The van der Waals surface area contributed by atoms with Crippen molar-refractivity contribution in [1.82, 2.24) is 0 Å². The highest BCUT2D eigenvalue weighted by atomic mass is 16.5. The number of nitrogens with zero attached hydrogens (tertiary/aromatic N) is 1. The quantitative estimate of drug-likeness (QED) is 0.764. The van der Waals surface area contributed by atoms with Crippen LogP contribution in [0.15, 0.2) is 12.1 Å². The summed E-state index contributed by atoms with van der Waals surface area (Å²) in [6, 6.07) is 6.06. The van der Waals surface area contributed by atoms with Gasteiger partial charge in [0.2, 0.25) is 0 Å². The standard InChI is InChI=1S/C13H15NO2/c1-2-11-10(6-7-14)4-5-12-13(11)16-9-3-8-15-12/h4-5H,2-3,6,8-9H2,1H3. The first-order chi connectivity index (χ1) is 7.86. The lowest BCUT2D eigenvalue weighted by molar-refractivity contribution is 0.296. The average Bonchev–Trinajstić information content (AvgIpc) is 2.54. The zero-order valence-corrected chi connectivity index (χ0v) is 9.45. The van der Waals surface area contributed by atoms with Crippen LogP contribution in [0.2, 0.25) is 0 Å². The molecule has 1 aliphatic rings. The van der Waals surface area contributed by atoms with Gasteiger partial charge in [-0.05, 0) is 18.1 Å². The number of ether oxygens (including phenoxy) is 2. The summed E-state index contributed by atoms with van der Waals surface area (Å²) in [4.78, 5) is 0.